The maximum absolute atomic E-state index is 9.98. The fourth-order valence-corrected chi connectivity index (χ4v) is 0.196. The number of amides is 2. The molecule has 0 aromatic rings. The molecule has 0 saturated heterocycles. The molecule has 0 aliphatic heterocycles. The van der Waals surface area contributed by atoms with Gasteiger partial charge in [-0.2, -0.15) is 5.10 Å². The van der Waals surface area contributed by atoms with Crippen molar-refractivity contribution >= 4 is 24.1 Å². The van der Waals surface area contributed by atoms with Crippen LogP contribution in [0.1, 0.15) is 6.92 Å². The van der Waals surface area contributed by atoms with Crippen molar-refractivity contribution < 1.29 is 4.79 Å². The molecule has 0 spiro atoms. The average molecular weight is 167 g/mol. The van der Waals surface area contributed by atoms with Crippen molar-refractivity contribution in [1.29, 1.82) is 0 Å². The van der Waals surface area contributed by atoms with E-state index in [1.165, 1.54) is 0 Å². The van der Waals surface area contributed by atoms with Gasteiger partial charge in [-0.1, -0.05) is 0 Å². The molecule has 0 fully saturated rings. The van der Waals surface area contributed by atoms with Crippen LogP contribution in [0.5, 0.6) is 0 Å². The number of carbonyl (C=O) groups is 1. The van der Waals surface area contributed by atoms with E-state index in [1.807, 2.05) is 5.43 Å². The van der Waals surface area contributed by atoms with E-state index in [9.17, 15) is 4.79 Å². The summed E-state index contributed by atoms with van der Waals surface area (Å²) in [6.45, 7) is 2.01. The number of hydrogen-bond acceptors (Lipinski definition) is 3. The Morgan fingerprint density at radius 2 is 2.20 bits per heavy atom. The van der Waals surface area contributed by atoms with Gasteiger partial charge in [0.2, 0.25) is 0 Å². The summed E-state index contributed by atoms with van der Waals surface area (Å²) >= 11 is 0. The zero-order valence-corrected chi connectivity index (χ0v) is 6.44. The van der Waals surface area contributed by atoms with E-state index < -0.39 is 6.03 Å². The van der Waals surface area contributed by atoms with Crippen LogP contribution in [0.15, 0.2) is 5.10 Å². The predicted octanol–water partition coefficient (Wildman–Crippen LogP) is -0.589. The molecule has 0 rings (SSSR count). The second kappa shape index (κ2) is 6.31. The monoisotopic (exact) mass is 166 g/mol. The number of rotatable bonds is 2. The molecule has 0 unspecified atom stereocenters. The first-order chi connectivity index (χ1) is 4.16. The van der Waals surface area contributed by atoms with Crippen molar-refractivity contribution in [2.45, 2.75) is 6.92 Å². The lowest BCUT2D eigenvalue weighted by atomic mass is 10.4. The number of urea groups is 1. The van der Waals surface area contributed by atoms with Crippen LogP contribution < -0.4 is 16.9 Å². The van der Waals surface area contributed by atoms with Crippen molar-refractivity contribution in [3.8, 4) is 0 Å². The van der Waals surface area contributed by atoms with Gasteiger partial charge in [0.25, 0.3) is 0 Å². The summed E-state index contributed by atoms with van der Waals surface area (Å²) in [4.78, 5) is 9.98. The fraction of sp³-hybridized carbons (Fsp3) is 0.500. The van der Waals surface area contributed by atoms with Gasteiger partial charge < -0.3 is 11.5 Å². The van der Waals surface area contributed by atoms with Crippen molar-refractivity contribution in [2.24, 2.45) is 16.6 Å². The molecule has 0 aliphatic carbocycles. The Bertz CT molecular complexity index is 135. The highest BCUT2D eigenvalue weighted by atomic mass is 35.5. The number of nitrogens with one attached hydrogen (secondary N) is 1. The first-order valence-corrected chi connectivity index (χ1v) is 2.45. The van der Waals surface area contributed by atoms with E-state index in [2.05, 4.69) is 5.10 Å². The van der Waals surface area contributed by atoms with Crippen LogP contribution in [-0.2, 0) is 0 Å². The Labute approximate surface area is 65.2 Å². The minimum atomic E-state index is -0.678. The standard InChI is InChI=1S/C4H10N4O.ClH/c1-3(2-5)7-8-4(6)9;/h2,5H2,1H3,(H3,6,8,9);1H/b7-3+;. The molecule has 60 valence electrons. The molecule has 10 heavy (non-hydrogen) atoms. The topological polar surface area (TPSA) is 93.5 Å². The van der Waals surface area contributed by atoms with Gasteiger partial charge >= 0.3 is 6.03 Å². The molecule has 5 N–H and O–H groups in total. The molecule has 0 atom stereocenters. The average Bonchev–Trinajstić information content (AvgIpc) is 1.83. The van der Waals surface area contributed by atoms with Gasteiger partial charge in [0.1, 0.15) is 0 Å². The summed E-state index contributed by atoms with van der Waals surface area (Å²) in [5.41, 5.74) is 12.5. The molecule has 6 heteroatoms. The Kier molecular flexibility index (Phi) is 7.53. The second-order valence-corrected chi connectivity index (χ2v) is 1.53. The highest BCUT2D eigenvalue weighted by Gasteiger charge is 1.86. The van der Waals surface area contributed by atoms with Crippen LogP contribution >= 0.6 is 12.4 Å². The van der Waals surface area contributed by atoms with E-state index in [0.29, 0.717) is 12.3 Å². The summed E-state index contributed by atoms with van der Waals surface area (Å²) in [5, 5.41) is 3.51. The fourth-order valence-electron chi connectivity index (χ4n) is 0.196. The van der Waals surface area contributed by atoms with Gasteiger partial charge in [0, 0.05) is 12.3 Å². The molecular formula is C4H11ClN4O. The van der Waals surface area contributed by atoms with Gasteiger partial charge in [-0.25, -0.2) is 10.2 Å². The zero-order valence-electron chi connectivity index (χ0n) is 5.63. The number of hydrazone groups is 1. The summed E-state index contributed by atoms with van der Waals surface area (Å²) in [5.74, 6) is 0. The Hall–Kier alpha value is -0.810. The SMILES string of the molecule is C/C(CN)=N\NC(N)=O.Cl. The Morgan fingerprint density at radius 3 is 2.50 bits per heavy atom. The third-order valence-electron chi connectivity index (χ3n) is 0.652. The lowest BCUT2D eigenvalue weighted by molar-refractivity contribution is 0.249. The van der Waals surface area contributed by atoms with Crippen molar-refractivity contribution in [1.82, 2.24) is 5.43 Å². The van der Waals surface area contributed by atoms with Crippen molar-refractivity contribution in [3.63, 3.8) is 0 Å². The third-order valence-corrected chi connectivity index (χ3v) is 0.652. The maximum Gasteiger partial charge on any atom is 0.332 e. The van der Waals surface area contributed by atoms with Crippen molar-refractivity contribution in [3.05, 3.63) is 0 Å². The number of hydrogen-bond donors (Lipinski definition) is 3. The summed E-state index contributed by atoms with van der Waals surface area (Å²) < 4.78 is 0. The summed E-state index contributed by atoms with van der Waals surface area (Å²) in [6, 6.07) is -0.678. The van der Waals surface area contributed by atoms with Crippen molar-refractivity contribution in [2.75, 3.05) is 6.54 Å². The van der Waals surface area contributed by atoms with Crippen LogP contribution in [0.3, 0.4) is 0 Å². The van der Waals surface area contributed by atoms with Crippen LogP contribution in [0.25, 0.3) is 0 Å². The molecule has 0 aliphatic rings. The first-order valence-electron chi connectivity index (χ1n) is 2.45. The van der Waals surface area contributed by atoms with E-state index in [-0.39, 0.29) is 12.4 Å². The van der Waals surface area contributed by atoms with Gasteiger partial charge in [0.15, 0.2) is 0 Å². The molecule has 0 heterocycles. The minimum Gasteiger partial charge on any atom is -0.350 e. The zero-order chi connectivity index (χ0) is 7.28. The lowest BCUT2D eigenvalue weighted by Gasteiger charge is -1.93. The largest absolute Gasteiger partial charge is 0.350 e. The smallest absolute Gasteiger partial charge is 0.332 e. The first kappa shape index (κ1) is 11.9. The maximum atomic E-state index is 9.98. The number of carbonyl (C=O) groups excluding carboxylic acids is 1. The van der Waals surface area contributed by atoms with E-state index in [0.717, 1.165) is 0 Å². The molecule has 5 nitrogen and oxygen atoms in total. The van der Waals surface area contributed by atoms with E-state index in [4.69, 9.17) is 11.5 Å². The summed E-state index contributed by atoms with van der Waals surface area (Å²) in [6.07, 6.45) is 0. The number of primary amides is 1. The number of nitrogens with two attached hydrogens (primary N) is 2. The number of halogens is 1. The molecule has 0 aromatic carbocycles. The second-order valence-electron chi connectivity index (χ2n) is 1.53. The van der Waals surface area contributed by atoms with E-state index >= 15 is 0 Å². The highest BCUT2D eigenvalue weighted by Crippen LogP contribution is 1.67. The minimum absolute atomic E-state index is 0. The Morgan fingerprint density at radius 1 is 1.70 bits per heavy atom. The van der Waals surface area contributed by atoms with Crippen LogP contribution in [0, 0.1) is 0 Å². The Balaban J connectivity index is 0. The molecule has 0 saturated carbocycles. The molecular weight excluding hydrogens is 156 g/mol. The van der Waals surface area contributed by atoms with Gasteiger partial charge in [-0.15, -0.1) is 12.4 Å². The van der Waals surface area contributed by atoms with Crippen LogP contribution in [0.2, 0.25) is 0 Å². The lowest BCUT2D eigenvalue weighted by Crippen LogP contribution is -2.26. The highest BCUT2D eigenvalue weighted by molar-refractivity contribution is 5.85. The normalized spacial score (nSPS) is 10.0. The van der Waals surface area contributed by atoms with Gasteiger partial charge in [-0.05, 0) is 6.92 Å². The number of nitrogens with zero attached hydrogens (tertiary/aromatic N) is 1. The molecule has 2 amide bonds. The third kappa shape index (κ3) is 7.19. The van der Waals surface area contributed by atoms with Crippen LogP contribution in [0.4, 0.5) is 4.79 Å². The quantitative estimate of drug-likeness (QED) is 0.378. The molecule has 0 aromatic heterocycles. The van der Waals surface area contributed by atoms with Gasteiger partial charge in [-0.3, -0.25) is 0 Å². The van der Waals surface area contributed by atoms with E-state index in [1.54, 1.807) is 6.92 Å². The summed E-state index contributed by atoms with van der Waals surface area (Å²) in [7, 11) is 0. The molecule has 0 radical (unpaired) electrons. The predicted molar refractivity (Wildman–Crippen MR) is 42.1 cm³/mol. The van der Waals surface area contributed by atoms with Crippen LogP contribution in [-0.4, -0.2) is 18.3 Å². The molecule has 0 bridgehead atoms. The van der Waals surface area contributed by atoms with Gasteiger partial charge in [0.05, 0.1) is 0 Å².